The molecule has 2 N–H and O–H groups in total. The third kappa shape index (κ3) is 4.74. The molecule has 5 heteroatoms. The second-order valence-corrected chi connectivity index (χ2v) is 6.49. The first-order valence-corrected chi connectivity index (χ1v) is 7.06. The minimum Gasteiger partial charge on any atom is -0.393 e. The highest BCUT2D eigenvalue weighted by molar-refractivity contribution is 7.13. The number of aliphatic hydroxyl groups is 1. The van der Waals surface area contributed by atoms with E-state index in [1.165, 1.54) is 11.3 Å². The van der Waals surface area contributed by atoms with Crippen LogP contribution in [0.5, 0.6) is 0 Å². The number of aliphatic hydroxyl groups excluding tert-OH is 1. The van der Waals surface area contributed by atoms with Gasteiger partial charge in [-0.15, -0.1) is 11.3 Å². The van der Waals surface area contributed by atoms with Crippen molar-refractivity contribution < 1.29 is 9.90 Å². The molecule has 102 valence electrons. The quantitative estimate of drug-likeness (QED) is 0.833. The molecule has 0 aromatic carbocycles. The van der Waals surface area contributed by atoms with E-state index >= 15 is 0 Å². The molecule has 1 heterocycles. The third-order valence-electron chi connectivity index (χ3n) is 2.66. The second kappa shape index (κ2) is 6.29. The summed E-state index contributed by atoms with van der Waals surface area (Å²) in [5.74, 6) is -0.0779. The maximum atomic E-state index is 11.9. The van der Waals surface area contributed by atoms with Gasteiger partial charge < -0.3 is 10.4 Å². The molecule has 0 fully saturated rings. The van der Waals surface area contributed by atoms with E-state index in [0.717, 1.165) is 11.4 Å². The Bertz CT molecular complexity index is 399. The summed E-state index contributed by atoms with van der Waals surface area (Å²) in [7, 11) is 0. The molecule has 1 amide bonds. The van der Waals surface area contributed by atoms with Gasteiger partial charge in [0.25, 0.3) is 5.91 Å². The first kappa shape index (κ1) is 15.1. The van der Waals surface area contributed by atoms with Gasteiger partial charge in [0, 0.05) is 6.54 Å². The van der Waals surface area contributed by atoms with Crippen LogP contribution >= 0.6 is 11.3 Å². The van der Waals surface area contributed by atoms with Gasteiger partial charge in [0.15, 0.2) is 0 Å². The molecule has 0 radical (unpaired) electrons. The fraction of sp³-hybridized carbons (Fsp3) is 0.692. The fourth-order valence-corrected chi connectivity index (χ4v) is 2.63. The average molecular weight is 270 g/mol. The zero-order chi connectivity index (χ0) is 13.8. The van der Waals surface area contributed by atoms with Gasteiger partial charge in [0.05, 0.1) is 17.3 Å². The molecule has 0 spiro atoms. The summed E-state index contributed by atoms with van der Waals surface area (Å²) in [5, 5.41) is 13.3. The largest absolute Gasteiger partial charge is 0.393 e. The molecule has 1 aromatic rings. The van der Waals surface area contributed by atoms with E-state index in [4.69, 9.17) is 0 Å². The van der Waals surface area contributed by atoms with Crippen LogP contribution in [-0.2, 0) is 6.42 Å². The number of carbonyl (C=O) groups is 1. The summed E-state index contributed by atoms with van der Waals surface area (Å²) in [6.07, 6.45) is 2.79. The number of aromatic nitrogens is 1. The van der Waals surface area contributed by atoms with E-state index in [2.05, 4.69) is 10.3 Å². The Morgan fingerprint density at radius 3 is 2.78 bits per heavy atom. The van der Waals surface area contributed by atoms with Crippen LogP contribution in [0.15, 0.2) is 6.20 Å². The van der Waals surface area contributed by atoms with Crippen LogP contribution in [0.25, 0.3) is 0 Å². The van der Waals surface area contributed by atoms with Crippen LogP contribution in [0.1, 0.15) is 48.8 Å². The standard InChI is InChI=1S/C13H22N2O2S/c1-5-11-14-7-10(18-11)12(17)15-8-13(3,4)6-9(2)16/h7,9,16H,5-6,8H2,1-4H3,(H,15,17). The highest BCUT2D eigenvalue weighted by Gasteiger charge is 2.21. The lowest BCUT2D eigenvalue weighted by molar-refractivity contribution is 0.0905. The normalized spacial score (nSPS) is 13.4. The molecule has 1 aromatic heterocycles. The van der Waals surface area contributed by atoms with E-state index in [9.17, 15) is 9.90 Å². The van der Waals surface area contributed by atoms with E-state index in [1.54, 1.807) is 13.1 Å². The Kier molecular flexibility index (Phi) is 5.28. The summed E-state index contributed by atoms with van der Waals surface area (Å²) in [6, 6.07) is 0. The van der Waals surface area contributed by atoms with E-state index in [-0.39, 0.29) is 17.4 Å². The summed E-state index contributed by atoms with van der Waals surface area (Å²) < 4.78 is 0. The van der Waals surface area contributed by atoms with Crippen molar-refractivity contribution in [1.82, 2.24) is 10.3 Å². The van der Waals surface area contributed by atoms with Crippen molar-refractivity contribution in [3.8, 4) is 0 Å². The molecule has 0 aliphatic carbocycles. The Labute approximate surface area is 112 Å². The molecule has 0 saturated heterocycles. The zero-order valence-electron chi connectivity index (χ0n) is 11.5. The van der Waals surface area contributed by atoms with Crippen molar-refractivity contribution in [2.24, 2.45) is 5.41 Å². The van der Waals surface area contributed by atoms with E-state index in [1.807, 2.05) is 20.8 Å². The number of hydrogen-bond donors (Lipinski definition) is 2. The molecular weight excluding hydrogens is 248 g/mol. The number of nitrogens with zero attached hydrogens (tertiary/aromatic N) is 1. The fourth-order valence-electron chi connectivity index (χ4n) is 1.86. The smallest absolute Gasteiger partial charge is 0.263 e. The molecule has 0 bridgehead atoms. The Morgan fingerprint density at radius 1 is 1.61 bits per heavy atom. The summed E-state index contributed by atoms with van der Waals surface area (Å²) in [5.41, 5.74) is -0.109. The molecule has 0 aliphatic heterocycles. The van der Waals surface area contributed by atoms with E-state index in [0.29, 0.717) is 17.8 Å². The first-order valence-electron chi connectivity index (χ1n) is 6.25. The van der Waals surface area contributed by atoms with Crippen LogP contribution in [0.2, 0.25) is 0 Å². The van der Waals surface area contributed by atoms with E-state index < -0.39 is 0 Å². The number of thiazole rings is 1. The van der Waals surface area contributed by atoms with Crippen LogP contribution in [-0.4, -0.2) is 28.6 Å². The van der Waals surface area contributed by atoms with Gasteiger partial charge >= 0.3 is 0 Å². The lowest BCUT2D eigenvalue weighted by atomic mass is 9.87. The van der Waals surface area contributed by atoms with Crippen molar-refractivity contribution in [3.63, 3.8) is 0 Å². The van der Waals surface area contributed by atoms with Gasteiger partial charge in [-0.3, -0.25) is 4.79 Å². The summed E-state index contributed by atoms with van der Waals surface area (Å²) in [6.45, 7) is 8.40. The molecule has 18 heavy (non-hydrogen) atoms. The van der Waals surface area contributed by atoms with Gasteiger partial charge in [-0.05, 0) is 25.2 Å². The average Bonchev–Trinajstić information content (AvgIpc) is 2.72. The van der Waals surface area contributed by atoms with Crippen molar-refractivity contribution in [2.45, 2.75) is 46.6 Å². The topological polar surface area (TPSA) is 62.2 Å². The third-order valence-corrected chi connectivity index (χ3v) is 3.80. The minimum absolute atomic E-state index is 0.0779. The number of hydrogen-bond acceptors (Lipinski definition) is 4. The van der Waals surface area contributed by atoms with Gasteiger partial charge in [-0.1, -0.05) is 20.8 Å². The second-order valence-electron chi connectivity index (χ2n) is 5.37. The zero-order valence-corrected chi connectivity index (χ0v) is 12.3. The number of amides is 1. The minimum atomic E-state index is -0.355. The Morgan fingerprint density at radius 2 is 2.28 bits per heavy atom. The first-order chi connectivity index (χ1) is 8.34. The predicted molar refractivity (Wildman–Crippen MR) is 73.9 cm³/mol. The molecular formula is C13H22N2O2S. The number of nitrogens with one attached hydrogen (secondary N) is 1. The lowest BCUT2D eigenvalue weighted by Gasteiger charge is -2.26. The maximum absolute atomic E-state index is 11.9. The van der Waals surface area contributed by atoms with Crippen LogP contribution < -0.4 is 5.32 Å². The van der Waals surface area contributed by atoms with Gasteiger partial charge in [-0.25, -0.2) is 4.98 Å². The predicted octanol–water partition coefficient (Wildman–Crippen LogP) is 2.23. The van der Waals surface area contributed by atoms with Crippen LogP contribution in [0.3, 0.4) is 0 Å². The van der Waals surface area contributed by atoms with Crippen LogP contribution in [0.4, 0.5) is 0 Å². The molecule has 1 unspecified atom stereocenters. The number of aryl methyl sites for hydroxylation is 1. The number of carbonyl (C=O) groups excluding carboxylic acids is 1. The highest BCUT2D eigenvalue weighted by atomic mass is 32.1. The van der Waals surface area contributed by atoms with Crippen molar-refractivity contribution in [1.29, 1.82) is 0 Å². The molecule has 1 atom stereocenters. The molecule has 4 nitrogen and oxygen atoms in total. The summed E-state index contributed by atoms with van der Waals surface area (Å²) in [4.78, 5) is 16.7. The van der Waals surface area contributed by atoms with Gasteiger partial charge in [0.2, 0.25) is 0 Å². The van der Waals surface area contributed by atoms with Crippen molar-refractivity contribution >= 4 is 17.2 Å². The van der Waals surface area contributed by atoms with Gasteiger partial charge in [-0.2, -0.15) is 0 Å². The van der Waals surface area contributed by atoms with Crippen LogP contribution in [0, 0.1) is 5.41 Å². The number of rotatable bonds is 6. The maximum Gasteiger partial charge on any atom is 0.263 e. The Hall–Kier alpha value is -0.940. The lowest BCUT2D eigenvalue weighted by Crippen LogP contribution is -2.35. The molecule has 0 saturated carbocycles. The Balaban J connectivity index is 2.50. The molecule has 0 aliphatic rings. The van der Waals surface area contributed by atoms with Crippen molar-refractivity contribution in [2.75, 3.05) is 6.54 Å². The van der Waals surface area contributed by atoms with Gasteiger partial charge in [0.1, 0.15) is 4.88 Å². The highest BCUT2D eigenvalue weighted by Crippen LogP contribution is 2.21. The van der Waals surface area contributed by atoms with Crippen molar-refractivity contribution in [3.05, 3.63) is 16.1 Å². The monoisotopic (exact) mass is 270 g/mol. The SMILES string of the molecule is CCc1ncc(C(=O)NCC(C)(C)CC(C)O)s1. The summed E-state index contributed by atoms with van der Waals surface area (Å²) >= 11 is 1.43. The molecule has 1 rings (SSSR count).